The number of carbonyl (C=O) groups is 1. The Morgan fingerprint density at radius 2 is 2.25 bits per heavy atom. The summed E-state index contributed by atoms with van der Waals surface area (Å²) >= 11 is 1.61. The predicted octanol–water partition coefficient (Wildman–Crippen LogP) is 3.37. The van der Waals surface area contributed by atoms with Crippen molar-refractivity contribution in [2.45, 2.75) is 51.5 Å². The maximum atomic E-state index is 11.9. The van der Waals surface area contributed by atoms with Crippen molar-refractivity contribution >= 4 is 22.2 Å². The third-order valence-corrected chi connectivity index (χ3v) is 4.88. The molecule has 2 heterocycles. The highest BCUT2D eigenvalue weighted by atomic mass is 32.1. The van der Waals surface area contributed by atoms with Gasteiger partial charge in [0.15, 0.2) is 4.96 Å². The average molecular weight is 291 g/mol. The van der Waals surface area contributed by atoms with Gasteiger partial charge in [-0.25, -0.2) is 4.98 Å². The van der Waals surface area contributed by atoms with Gasteiger partial charge in [-0.3, -0.25) is 9.20 Å². The normalized spacial score (nSPS) is 16.6. The van der Waals surface area contributed by atoms with Gasteiger partial charge in [-0.05, 0) is 12.3 Å². The quantitative estimate of drug-likeness (QED) is 0.918. The van der Waals surface area contributed by atoms with Gasteiger partial charge in [-0.15, -0.1) is 11.3 Å². The lowest BCUT2D eigenvalue weighted by molar-refractivity contribution is -0.121. The summed E-state index contributed by atoms with van der Waals surface area (Å²) in [5, 5.41) is 4.99. The van der Waals surface area contributed by atoms with E-state index in [2.05, 4.69) is 10.3 Å². The Morgan fingerprint density at radius 1 is 1.40 bits per heavy atom. The molecule has 1 aliphatic carbocycles. The van der Waals surface area contributed by atoms with Crippen LogP contribution in [0.3, 0.4) is 0 Å². The molecular formula is C15H21N3OS. The molecule has 0 aromatic carbocycles. The molecule has 1 fully saturated rings. The van der Waals surface area contributed by atoms with Crippen LogP contribution in [0.15, 0.2) is 17.8 Å². The summed E-state index contributed by atoms with van der Waals surface area (Å²) in [5.41, 5.74) is 0.933. The lowest BCUT2D eigenvalue weighted by Crippen LogP contribution is -2.23. The molecule has 2 aromatic heterocycles. The van der Waals surface area contributed by atoms with E-state index in [1.165, 1.54) is 32.1 Å². The molecule has 0 saturated heterocycles. The number of fused-ring (bicyclic) bond motifs is 1. The van der Waals surface area contributed by atoms with E-state index < -0.39 is 0 Å². The van der Waals surface area contributed by atoms with Gasteiger partial charge in [0.25, 0.3) is 0 Å². The van der Waals surface area contributed by atoms with Crippen LogP contribution in [-0.4, -0.2) is 15.3 Å². The van der Waals surface area contributed by atoms with Crippen molar-refractivity contribution in [2.75, 3.05) is 0 Å². The minimum Gasteiger partial charge on any atom is -0.350 e. The first kappa shape index (κ1) is 13.6. The minimum absolute atomic E-state index is 0.159. The zero-order valence-corrected chi connectivity index (χ0v) is 12.5. The van der Waals surface area contributed by atoms with Crippen molar-refractivity contribution in [3.8, 4) is 0 Å². The van der Waals surface area contributed by atoms with Gasteiger partial charge in [0, 0.05) is 24.2 Å². The molecule has 0 unspecified atom stereocenters. The SMILES string of the molecule is O=C(CCC1CCCCC1)NCc1cn2ccsc2n1. The zero-order chi connectivity index (χ0) is 13.8. The van der Waals surface area contributed by atoms with E-state index in [0.717, 1.165) is 23.0 Å². The smallest absolute Gasteiger partial charge is 0.220 e. The largest absolute Gasteiger partial charge is 0.350 e. The number of aromatic nitrogens is 2. The maximum absolute atomic E-state index is 11.9. The van der Waals surface area contributed by atoms with E-state index in [9.17, 15) is 4.79 Å². The van der Waals surface area contributed by atoms with Gasteiger partial charge in [-0.1, -0.05) is 32.1 Å². The van der Waals surface area contributed by atoms with Crippen LogP contribution in [0.4, 0.5) is 0 Å². The molecule has 1 amide bonds. The number of imidazole rings is 1. The fourth-order valence-electron chi connectivity index (χ4n) is 2.95. The summed E-state index contributed by atoms with van der Waals surface area (Å²) in [7, 11) is 0. The second-order valence-electron chi connectivity index (χ2n) is 5.64. The molecule has 108 valence electrons. The van der Waals surface area contributed by atoms with E-state index in [1.807, 2.05) is 22.2 Å². The molecule has 1 saturated carbocycles. The van der Waals surface area contributed by atoms with Crippen LogP contribution in [0.1, 0.15) is 50.6 Å². The molecule has 0 aliphatic heterocycles. The number of hydrogen-bond acceptors (Lipinski definition) is 3. The van der Waals surface area contributed by atoms with Crippen molar-refractivity contribution in [1.82, 2.24) is 14.7 Å². The Labute approximate surface area is 123 Å². The van der Waals surface area contributed by atoms with Crippen LogP contribution in [0, 0.1) is 5.92 Å². The van der Waals surface area contributed by atoms with Gasteiger partial charge in [-0.2, -0.15) is 0 Å². The molecule has 20 heavy (non-hydrogen) atoms. The number of nitrogens with one attached hydrogen (secondary N) is 1. The molecule has 1 aliphatic rings. The summed E-state index contributed by atoms with van der Waals surface area (Å²) in [4.78, 5) is 17.3. The molecule has 3 rings (SSSR count). The number of hydrogen-bond donors (Lipinski definition) is 1. The lowest BCUT2D eigenvalue weighted by Gasteiger charge is -2.20. The van der Waals surface area contributed by atoms with Crippen molar-refractivity contribution in [3.63, 3.8) is 0 Å². The van der Waals surface area contributed by atoms with Crippen molar-refractivity contribution in [2.24, 2.45) is 5.92 Å². The number of thiazole rings is 1. The number of nitrogens with zero attached hydrogens (tertiary/aromatic N) is 2. The van der Waals surface area contributed by atoms with E-state index in [4.69, 9.17) is 0 Å². The highest BCUT2D eigenvalue weighted by molar-refractivity contribution is 7.15. The Morgan fingerprint density at radius 3 is 3.05 bits per heavy atom. The standard InChI is InChI=1S/C15H21N3OS/c19-14(7-6-12-4-2-1-3-5-12)16-10-13-11-18-8-9-20-15(18)17-13/h8-9,11-12H,1-7,10H2,(H,16,19). The first-order valence-corrected chi connectivity index (χ1v) is 8.37. The van der Waals surface area contributed by atoms with Gasteiger partial charge in [0.2, 0.25) is 5.91 Å². The lowest BCUT2D eigenvalue weighted by atomic mass is 9.86. The van der Waals surface area contributed by atoms with Crippen molar-refractivity contribution in [1.29, 1.82) is 0 Å². The molecular weight excluding hydrogens is 270 g/mol. The first-order valence-electron chi connectivity index (χ1n) is 7.49. The molecule has 0 radical (unpaired) electrons. The van der Waals surface area contributed by atoms with Crippen LogP contribution in [0.5, 0.6) is 0 Å². The molecule has 2 aromatic rings. The zero-order valence-electron chi connectivity index (χ0n) is 11.7. The van der Waals surface area contributed by atoms with E-state index in [-0.39, 0.29) is 5.91 Å². The Kier molecular flexibility index (Phi) is 4.35. The Bertz CT molecular complexity index is 540. The molecule has 0 bridgehead atoms. The number of rotatable bonds is 5. The minimum atomic E-state index is 0.159. The fourth-order valence-corrected chi connectivity index (χ4v) is 3.67. The van der Waals surface area contributed by atoms with Crippen LogP contribution < -0.4 is 5.32 Å². The third kappa shape index (κ3) is 3.39. The van der Waals surface area contributed by atoms with E-state index >= 15 is 0 Å². The summed E-state index contributed by atoms with van der Waals surface area (Å²) in [6.07, 6.45) is 12.4. The summed E-state index contributed by atoms with van der Waals surface area (Å²) < 4.78 is 1.99. The maximum Gasteiger partial charge on any atom is 0.220 e. The highest BCUT2D eigenvalue weighted by Crippen LogP contribution is 2.27. The summed E-state index contributed by atoms with van der Waals surface area (Å²) in [6, 6.07) is 0. The monoisotopic (exact) mass is 291 g/mol. The van der Waals surface area contributed by atoms with Crippen LogP contribution in [-0.2, 0) is 11.3 Å². The Balaban J connectivity index is 1.41. The number of amides is 1. The second kappa shape index (κ2) is 6.39. The van der Waals surface area contributed by atoms with Crippen molar-refractivity contribution < 1.29 is 4.79 Å². The molecule has 1 N–H and O–H groups in total. The second-order valence-corrected chi connectivity index (χ2v) is 6.52. The third-order valence-electron chi connectivity index (χ3n) is 4.11. The summed E-state index contributed by atoms with van der Waals surface area (Å²) in [6.45, 7) is 0.540. The molecule has 0 spiro atoms. The van der Waals surface area contributed by atoms with Crippen molar-refractivity contribution in [3.05, 3.63) is 23.5 Å². The van der Waals surface area contributed by atoms with E-state index in [1.54, 1.807) is 11.3 Å². The van der Waals surface area contributed by atoms with E-state index in [0.29, 0.717) is 13.0 Å². The first-order chi connectivity index (χ1) is 9.81. The molecule has 4 nitrogen and oxygen atoms in total. The topological polar surface area (TPSA) is 46.4 Å². The average Bonchev–Trinajstić information content (AvgIpc) is 3.05. The molecule has 0 atom stereocenters. The van der Waals surface area contributed by atoms with Gasteiger partial charge in [0.05, 0.1) is 12.2 Å². The van der Waals surface area contributed by atoms with Crippen LogP contribution >= 0.6 is 11.3 Å². The highest BCUT2D eigenvalue weighted by Gasteiger charge is 2.14. The van der Waals surface area contributed by atoms with Gasteiger partial charge < -0.3 is 5.32 Å². The van der Waals surface area contributed by atoms with Crippen LogP contribution in [0.2, 0.25) is 0 Å². The fraction of sp³-hybridized carbons (Fsp3) is 0.600. The summed E-state index contributed by atoms with van der Waals surface area (Å²) in [5.74, 6) is 0.930. The predicted molar refractivity (Wildman–Crippen MR) is 80.7 cm³/mol. The van der Waals surface area contributed by atoms with Gasteiger partial charge >= 0.3 is 0 Å². The number of carbonyl (C=O) groups excluding carboxylic acids is 1. The van der Waals surface area contributed by atoms with Gasteiger partial charge in [0.1, 0.15) is 0 Å². The molecule has 5 heteroatoms. The van der Waals surface area contributed by atoms with Crippen LogP contribution in [0.25, 0.3) is 4.96 Å². The Hall–Kier alpha value is -1.36.